The SMILES string of the molecule is CC(C)n1cc(S(=O)(=O)N(C)c2cc(Cl)ccc2C(=O)O)cn1. The average molecular weight is 358 g/mol. The first-order chi connectivity index (χ1) is 10.6. The van der Waals surface area contributed by atoms with Gasteiger partial charge in [-0.05, 0) is 32.0 Å². The lowest BCUT2D eigenvalue weighted by atomic mass is 10.2. The quantitative estimate of drug-likeness (QED) is 0.887. The van der Waals surface area contributed by atoms with Crippen LogP contribution in [0.15, 0.2) is 35.5 Å². The van der Waals surface area contributed by atoms with E-state index in [2.05, 4.69) is 5.10 Å². The van der Waals surface area contributed by atoms with Gasteiger partial charge >= 0.3 is 5.97 Å². The lowest BCUT2D eigenvalue weighted by Gasteiger charge is -2.20. The van der Waals surface area contributed by atoms with Crippen LogP contribution in [0.2, 0.25) is 5.02 Å². The first kappa shape index (κ1) is 17.3. The van der Waals surface area contributed by atoms with Crippen molar-refractivity contribution in [1.82, 2.24) is 9.78 Å². The molecule has 0 atom stereocenters. The van der Waals surface area contributed by atoms with Gasteiger partial charge in [0.25, 0.3) is 10.0 Å². The summed E-state index contributed by atoms with van der Waals surface area (Å²) in [5, 5.41) is 13.5. The molecule has 1 aromatic carbocycles. The van der Waals surface area contributed by atoms with Crippen LogP contribution >= 0.6 is 11.6 Å². The number of rotatable bonds is 5. The summed E-state index contributed by atoms with van der Waals surface area (Å²) in [5.74, 6) is -1.24. The monoisotopic (exact) mass is 357 g/mol. The first-order valence-electron chi connectivity index (χ1n) is 6.70. The van der Waals surface area contributed by atoms with E-state index in [1.165, 1.54) is 42.3 Å². The third-order valence-electron chi connectivity index (χ3n) is 3.29. The Kier molecular flexibility index (Phi) is 4.67. The molecule has 0 saturated carbocycles. The zero-order chi connectivity index (χ0) is 17.4. The van der Waals surface area contributed by atoms with Crippen molar-refractivity contribution in [2.45, 2.75) is 24.8 Å². The Labute approximate surface area is 139 Å². The Hall–Kier alpha value is -2.06. The summed E-state index contributed by atoms with van der Waals surface area (Å²) >= 11 is 5.88. The molecule has 0 saturated heterocycles. The molecule has 1 N–H and O–H groups in total. The van der Waals surface area contributed by atoms with E-state index in [4.69, 9.17) is 11.6 Å². The Morgan fingerprint density at radius 1 is 1.39 bits per heavy atom. The van der Waals surface area contributed by atoms with Gasteiger partial charge in [0.15, 0.2) is 0 Å². The summed E-state index contributed by atoms with van der Waals surface area (Å²) in [6, 6.07) is 3.97. The molecule has 1 heterocycles. The lowest BCUT2D eigenvalue weighted by Crippen LogP contribution is -2.28. The second kappa shape index (κ2) is 6.21. The van der Waals surface area contributed by atoms with Crippen LogP contribution in [0, 0.1) is 0 Å². The van der Waals surface area contributed by atoms with Gasteiger partial charge in [0.05, 0.1) is 17.4 Å². The van der Waals surface area contributed by atoms with E-state index in [1.807, 2.05) is 13.8 Å². The van der Waals surface area contributed by atoms with Crippen LogP contribution < -0.4 is 4.31 Å². The molecule has 0 radical (unpaired) electrons. The van der Waals surface area contributed by atoms with E-state index in [-0.39, 0.29) is 27.2 Å². The van der Waals surface area contributed by atoms with E-state index in [1.54, 1.807) is 0 Å². The number of anilines is 1. The summed E-state index contributed by atoms with van der Waals surface area (Å²) in [5.41, 5.74) is -0.168. The van der Waals surface area contributed by atoms with Gasteiger partial charge in [-0.25, -0.2) is 13.2 Å². The summed E-state index contributed by atoms with van der Waals surface area (Å²) < 4.78 is 27.8. The topological polar surface area (TPSA) is 92.5 Å². The molecule has 0 aliphatic rings. The van der Waals surface area contributed by atoms with E-state index in [0.29, 0.717) is 0 Å². The standard InChI is InChI=1S/C14H16ClN3O4S/c1-9(2)18-8-11(7-16-18)23(21,22)17(3)13-6-10(15)4-5-12(13)14(19)20/h4-9H,1-3H3,(H,19,20). The fourth-order valence-corrected chi connectivity index (χ4v) is 3.28. The van der Waals surface area contributed by atoms with E-state index in [9.17, 15) is 18.3 Å². The van der Waals surface area contributed by atoms with E-state index < -0.39 is 16.0 Å². The molecule has 2 rings (SSSR count). The number of halogens is 1. The van der Waals surface area contributed by atoms with E-state index in [0.717, 1.165) is 4.31 Å². The zero-order valence-electron chi connectivity index (χ0n) is 12.8. The molecule has 0 aliphatic heterocycles. The van der Waals surface area contributed by atoms with Crippen LogP contribution in [0.1, 0.15) is 30.2 Å². The van der Waals surface area contributed by atoms with Gasteiger partial charge in [0.2, 0.25) is 0 Å². The smallest absolute Gasteiger partial charge is 0.337 e. The summed E-state index contributed by atoms with van der Waals surface area (Å²) in [7, 11) is -2.67. The number of hydrogen-bond acceptors (Lipinski definition) is 4. The van der Waals surface area contributed by atoms with Gasteiger partial charge in [-0.15, -0.1) is 0 Å². The highest BCUT2D eigenvalue weighted by atomic mass is 35.5. The number of hydrogen-bond donors (Lipinski definition) is 1. The average Bonchev–Trinajstić information content (AvgIpc) is 2.96. The summed E-state index contributed by atoms with van der Waals surface area (Å²) in [6.45, 7) is 3.74. The molecule has 0 spiro atoms. The Balaban J connectivity index is 2.52. The highest BCUT2D eigenvalue weighted by Crippen LogP contribution is 2.28. The highest BCUT2D eigenvalue weighted by Gasteiger charge is 2.27. The molecule has 0 fully saturated rings. The number of carboxylic acids is 1. The molecule has 0 aliphatic carbocycles. The van der Waals surface area contributed by atoms with Crippen molar-refractivity contribution in [2.75, 3.05) is 11.4 Å². The first-order valence-corrected chi connectivity index (χ1v) is 8.52. The molecule has 2 aromatic rings. The van der Waals surface area contributed by atoms with Gasteiger partial charge in [-0.3, -0.25) is 8.99 Å². The molecule has 0 unspecified atom stereocenters. The van der Waals surface area contributed by atoms with Crippen molar-refractivity contribution in [3.05, 3.63) is 41.2 Å². The van der Waals surface area contributed by atoms with Crippen LogP contribution in [-0.4, -0.2) is 36.3 Å². The maximum absolute atomic E-state index is 12.7. The third kappa shape index (κ3) is 3.32. The second-order valence-electron chi connectivity index (χ2n) is 5.19. The number of benzene rings is 1. The predicted octanol–water partition coefficient (Wildman–Crippen LogP) is 2.64. The minimum Gasteiger partial charge on any atom is -0.478 e. The normalized spacial score (nSPS) is 11.7. The maximum atomic E-state index is 12.7. The maximum Gasteiger partial charge on any atom is 0.337 e. The number of aromatic carboxylic acids is 1. The van der Waals surface area contributed by atoms with Crippen LogP contribution in [0.5, 0.6) is 0 Å². The molecular formula is C14H16ClN3O4S. The highest BCUT2D eigenvalue weighted by molar-refractivity contribution is 7.92. The van der Waals surface area contributed by atoms with Gasteiger partial charge in [0, 0.05) is 24.3 Å². The van der Waals surface area contributed by atoms with Crippen molar-refractivity contribution in [3.8, 4) is 0 Å². The van der Waals surface area contributed by atoms with Crippen molar-refractivity contribution < 1.29 is 18.3 Å². The lowest BCUT2D eigenvalue weighted by molar-refractivity contribution is 0.0698. The molecular weight excluding hydrogens is 342 g/mol. The summed E-state index contributed by atoms with van der Waals surface area (Å²) in [6.07, 6.45) is 2.64. The van der Waals surface area contributed by atoms with Crippen molar-refractivity contribution in [3.63, 3.8) is 0 Å². The van der Waals surface area contributed by atoms with Gasteiger partial charge in [0.1, 0.15) is 4.90 Å². The molecule has 23 heavy (non-hydrogen) atoms. The predicted molar refractivity (Wildman–Crippen MR) is 86.6 cm³/mol. The summed E-state index contributed by atoms with van der Waals surface area (Å²) in [4.78, 5) is 11.3. The Bertz CT molecular complexity index is 845. The van der Waals surface area contributed by atoms with E-state index >= 15 is 0 Å². The number of carboxylic acid groups (broad SMARTS) is 1. The molecule has 0 bridgehead atoms. The minimum absolute atomic E-state index is 0.00464. The van der Waals surface area contributed by atoms with Gasteiger partial charge in [-0.1, -0.05) is 11.6 Å². The van der Waals surface area contributed by atoms with Crippen molar-refractivity contribution in [1.29, 1.82) is 0 Å². The molecule has 9 heteroatoms. The Morgan fingerprint density at radius 3 is 2.57 bits per heavy atom. The van der Waals surface area contributed by atoms with Crippen molar-refractivity contribution in [2.24, 2.45) is 0 Å². The fourth-order valence-electron chi connectivity index (χ4n) is 1.97. The third-order valence-corrected chi connectivity index (χ3v) is 5.25. The van der Waals surface area contributed by atoms with Crippen LogP contribution in [-0.2, 0) is 10.0 Å². The number of aromatic nitrogens is 2. The van der Waals surface area contributed by atoms with Gasteiger partial charge in [-0.2, -0.15) is 5.10 Å². The number of carbonyl (C=O) groups is 1. The molecule has 7 nitrogen and oxygen atoms in total. The van der Waals surface area contributed by atoms with Crippen LogP contribution in [0.4, 0.5) is 5.69 Å². The number of sulfonamides is 1. The second-order valence-corrected chi connectivity index (χ2v) is 7.59. The molecule has 124 valence electrons. The van der Waals surface area contributed by atoms with Crippen LogP contribution in [0.25, 0.3) is 0 Å². The Morgan fingerprint density at radius 2 is 2.04 bits per heavy atom. The zero-order valence-corrected chi connectivity index (χ0v) is 14.3. The number of nitrogens with zero attached hydrogens (tertiary/aromatic N) is 3. The molecule has 0 amide bonds. The fraction of sp³-hybridized carbons (Fsp3) is 0.286. The van der Waals surface area contributed by atoms with Crippen LogP contribution in [0.3, 0.4) is 0 Å². The molecule has 1 aromatic heterocycles. The van der Waals surface area contributed by atoms with Crippen molar-refractivity contribution >= 4 is 33.3 Å². The van der Waals surface area contributed by atoms with Gasteiger partial charge < -0.3 is 5.11 Å². The minimum atomic E-state index is -3.95. The largest absolute Gasteiger partial charge is 0.478 e.